The number of ether oxygens (including phenoxy) is 2. The fourth-order valence-electron chi connectivity index (χ4n) is 2.82. The van der Waals surface area contributed by atoms with E-state index in [0.29, 0.717) is 30.1 Å². The topological polar surface area (TPSA) is 78.3 Å². The van der Waals surface area contributed by atoms with E-state index >= 15 is 0 Å². The second kappa shape index (κ2) is 10.9. The van der Waals surface area contributed by atoms with Crippen molar-refractivity contribution in [3.05, 3.63) is 59.9 Å². The van der Waals surface area contributed by atoms with Crippen LogP contribution in [-0.4, -0.2) is 33.0 Å². The molecule has 0 atom stereocenters. The number of carbonyl (C=O) groups is 1. The van der Waals surface area contributed by atoms with Crippen molar-refractivity contribution >= 4 is 23.4 Å². The minimum Gasteiger partial charge on any atom is -0.494 e. The Bertz CT molecular complexity index is 985. The summed E-state index contributed by atoms with van der Waals surface area (Å²) in [6.07, 6.45) is 0. The third-order valence-electron chi connectivity index (χ3n) is 4.62. The van der Waals surface area contributed by atoms with Crippen molar-refractivity contribution in [1.82, 2.24) is 14.8 Å². The minimum atomic E-state index is -0.111. The molecule has 0 aliphatic rings. The number of aromatic nitrogens is 3. The van der Waals surface area contributed by atoms with E-state index in [-0.39, 0.29) is 11.7 Å². The van der Waals surface area contributed by atoms with Crippen LogP contribution in [0.3, 0.4) is 0 Å². The van der Waals surface area contributed by atoms with E-state index in [1.807, 2.05) is 54.9 Å². The van der Waals surface area contributed by atoms with Crippen molar-refractivity contribution in [3.63, 3.8) is 0 Å². The summed E-state index contributed by atoms with van der Waals surface area (Å²) >= 11 is 1.33. The quantitative estimate of drug-likeness (QED) is 0.463. The predicted molar refractivity (Wildman–Crippen MR) is 123 cm³/mol. The zero-order valence-corrected chi connectivity index (χ0v) is 19.1. The lowest BCUT2D eigenvalue weighted by molar-refractivity contribution is -0.113. The Morgan fingerprint density at radius 1 is 1.03 bits per heavy atom. The number of hydrogen-bond acceptors (Lipinski definition) is 6. The van der Waals surface area contributed by atoms with Gasteiger partial charge >= 0.3 is 0 Å². The first-order valence-electron chi connectivity index (χ1n) is 10.2. The normalized spacial score (nSPS) is 10.9. The molecular formula is C23H28N4O3S. The van der Waals surface area contributed by atoms with Gasteiger partial charge in [-0.05, 0) is 54.8 Å². The highest BCUT2D eigenvalue weighted by atomic mass is 32.2. The second-order valence-corrected chi connectivity index (χ2v) is 8.21. The van der Waals surface area contributed by atoms with Crippen LogP contribution in [0.5, 0.6) is 11.5 Å². The number of anilines is 1. The van der Waals surface area contributed by atoms with Gasteiger partial charge in [0.2, 0.25) is 5.91 Å². The summed E-state index contributed by atoms with van der Waals surface area (Å²) in [6.45, 7) is 7.17. The lowest BCUT2D eigenvalue weighted by Crippen LogP contribution is -2.14. The van der Waals surface area contributed by atoms with E-state index in [1.54, 1.807) is 0 Å². The Morgan fingerprint density at radius 3 is 2.32 bits per heavy atom. The maximum atomic E-state index is 12.3. The third kappa shape index (κ3) is 6.49. The van der Waals surface area contributed by atoms with Gasteiger partial charge in [-0.2, -0.15) is 0 Å². The van der Waals surface area contributed by atoms with Crippen molar-refractivity contribution < 1.29 is 14.3 Å². The molecule has 0 radical (unpaired) electrons. The molecule has 3 rings (SSSR count). The van der Waals surface area contributed by atoms with Crippen LogP contribution in [0.15, 0.2) is 53.7 Å². The van der Waals surface area contributed by atoms with Gasteiger partial charge in [-0.1, -0.05) is 37.7 Å². The highest BCUT2D eigenvalue weighted by molar-refractivity contribution is 7.99. The average molecular weight is 441 g/mol. The second-order valence-electron chi connectivity index (χ2n) is 7.26. The first-order valence-corrected chi connectivity index (χ1v) is 11.2. The van der Waals surface area contributed by atoms with Crippen LogP contribution in [0.2, 0.25) is 0 Å². The largest absolute Gasteiger partial charge is 0.494 e. The van der Waals surface area contributed by atoms with Gasteiger partial charge in [0.25, 0.3) is 0 Å². The molecule has 1 amide bonds. The number of amides is 1. The molecule has 1 aromatic heterocycles. The van der Waals surface area contributed by atoms with Gasteiger partial charge in [-0.25, -0.2) is 0 Å². The first-order chi connectivity index (χ1) is 15.0. The average Bonchev–Trinajstić information content (AvgIpc) is 3.12. The van der Waals surface area contributed by atoms with Crippen LogP contribution >= 0.6 is 11.8 Å². The molecule has 0 saturated carbocycles. The third-order valence-corrected chi connectivity index (χ3v) is 5.64. The highest BCUT2D eigenvalue weighted by Gasteiger charge is 2.12. The molecule has 7 nitrogen and oxygen atoms in total. The van der Waals surface area contributed by atoms with Crippen molar-refractivity contribution in [3.8, 4) is 11.5 Å². The van der Waals surface area contributed by atoms with E-state index in [0.717, 1.165) is 17.2 Å². The maximum absolute atomic E-state index is 12.3. The standard InChI is InChI=1S/C23H28N4O3S/c1-5-29-19-12-8-18(9-13-19)24-22(28)15-31-23-26-25-21(27(23)4)14-30-20-10-6-17(7-11-20)16(2)3/h6-13,16H,5,14-15H2,1-4H3,(H,24,28). The van der Waals surface area contributed by atoms with Crippen LogP contribution < -0.4 is 14.8 Å². The summed E-state index contributed by atoms with van der Waals surface area (Å²) in [4.78, 5) is 12.3. The Hall–Kier alpha value is -3.00. The van der Waals surface area contributed by atoms with Gasteiger partial charge < -0.3 is 19.4 Å². The molecule has 0 aliphatic heterocycles. The fraction of sp³-hybridized carbons (Fsp3) is 0.348. The van der Waals surface area contributed by atoms with Gasteiger partial charge in [0, 0.05) is 12.7 Å². The molecule has 1 heterocycles. The zero-order chi connectivity index (χ0) is 22.2. The summed E-state index contributed by atoms with van der Waals surface area (Å²) in [7, 11) is 1.87. The summed E-state index contributed by atoms with van der Waals surface area (Å²) in [6, 6.07) is 15.4. The lowest BCUT2D eigenvalue weighted by atomic mass is 10.0. The van der Waals surface area contributed by atoms with E-state index < -0.39 is 0 Å². The molecule has 1 N–H and O–H groups in total. The SMILES string of the molecule is CCOc1ccc(NC(=O)CSc2nnc(COc3ccc(C(C)C)cc3)n2C)cc1. The number of carbonyl (C=O) groups excluding carboxylic acids is 1. The summed E-state index contributed by atoms with van der Waals surface area (Å²) in [5.74, 6) is 2.87. The highest BCUT2D eigenvalue weighted by Crippen LogP contribution is 2.21. The number of rotatable bonds is 10. The molecule has 0 aliphatic carbocycles. The summed E-state index contributed by atoms with van der Waals surface area (Å²) < 4.78 is 13.1. The van der Waals surface area contributed by atoms with Gasteiger partial charge in [-0.3, -0.25) is 4.79 Å². The fourth-order valence-corrected chi connectivity index (χ4v) is 3.55. The Balaban J connectivity index is 1.48. The first kappa shape index (κ1) is 22.7. The van der Waals surface area contributed by atoms with Crippen LogP contribution in [0.4, 0.5) is 5.69 Å². The van der Waals surface area contributed by atoms with Crippen LogP contribution in [0.1, 0.15) is 38.1 Å². The molecule has 0 bridgehead atoms. The van der Waals surface area contributed by atoms with Gasteiger partial charge in [0.1, 0.15) is 18.1 Å². The smallest absolute Gasteiger partial charge is 0.234 e. The molecule has 0 saturated heterocycles. The summed E-state index contributed by atoms with van der Waals surface area (Å²) in [5.41, 5.74) is 2.00. The van der Waals surface area contributed by atoms with E-state index in [2.05, 4.69) is 41.5 Å². The molecule has 164 valence electrons. The van der Waals surface area contributed by atoms with Gasteiger partial charge in [0.05, 0.1) is 12.4 Å². The lowest BCUT2D eigenvalue weighted by Gasteiger charge is -2.09. The molecule has 2 aromatic carbocycles. The van der Waals surface area contributed by atoms with Crippen molar-refractivity contribution in [1.29, 1.82) is 0 Å². The molecule has 0 unspecified atom stereocenters. The van der Waals surface area contributed by atoms with E-state index in [1.165, 1.54) is 17.3 Å². The molecule has 8 heteroatoms. The molecular weight excluding hydrogens is 412 g/mol. The maximum Gasteiger partial charge on any atom is 0.234 e. The molecule has 0 spiro atoms. The number of benzene rings is 2. The van der Waals surface area contributed by atoms with Crippen molar-refractivity contribution in [2.45, 2.75) is 38.5 Å². The number of nitrogens with zero attached hydrogens (tertiary/aromatic N) is 3. The Labute approximate surface area is 187 Å². The van der Waals surface area contributed by atoms with Crippen LogP contribution in [0.25, 0.3) is 0 Å². The van der Waals surface area contributed by atoms with E-state index in [4.69, 9.17) is 9.47 Å². The predicted octanol–water partition coefficient (Wildman–Crippen LogP) is 4.65. The number of nitrogens with one attached hydrogen (secondary N) is 1. The summed E-state index contributed by atoms with van der Waals surface area (Å²) in [5, 5.41) is 11.9. The minimum absolute atomic E-state index is 0.111. The number of hydrogen-bond donors (Lipinski definition) is 1. The molecule has 31 heavy (non-hydrogen) atoms. The van der Waals surface area contributed by atoms with Gasteiger partial charge in [0.15, 0.2) is 11.0 Å². The Kier molecular flexibility index (Phi) is 7.94. The van der Waals surface area contributed by atoms with Crippen LogP contribution in [0, 0.1) is 0 Å². The molecule has 3 aromatic rings. The zero-order valence-electron chi connectivity index (χ0n) is 18.3. The molecule has 0 fully saturated rings. The van der Waals surface area contributed by atoms with Gasteiger partial charge in [-0.15, -0.1) is 10.2 Å². The van der Waals surface area contributed by atoms with Crippen molar-refractivity contribution in [2.24, 2.45) is 7.05 Å². The van der Waals surface area contributed by atoms with Crippen molar-refractivity contribution in [2.75, 3.05) is 17.7 Å². The number of thioether (sulfide) groups is 1. The van der Waals surface area contributed by atoms with E-state index in [9.17, 15) is 4.79 Å². The Morgan fingerprint density at radius 2 is 1.68 bits per heavy atom. The van der Waals surface area contributed by atoms with Crippen LogP contribution in [-0.2, 0) is 18.4 Å². The monoisotopic (exact) mass is 440 g/mol.